The second-order valence-electron chi connectivity index (χ2n) is 4.88. The summed E-state index contributed by atoms with van der Waals surface area (Å²) in [4.78, 5) is 2.12. The number of aliphatic hydroxyl groups is 1. The number of benzene rings is 1. The normalized spacial score (nSPS) is 9.56. The summed E-state index contributed by atoms with van der Waals surface area (Å²) >= 11 is 0. The van der Waals surface area contributed by atoms with Crippen molar-refractivity contribution < 1.29 is 10.2 Å². The number of phenolic OH excluding ortho intramolecular Hbond substituents is 1. The van der Waals surface area contributed by atoms with Gasteiger partial charge in [0.15, 0.2) is 0 Å². The number of phenols is 1. The summed E-state index contributed by atoms with van der Waals surface area (Å²) in [5.74, 6) is 0.231. The summed E-state index contributed by atoms with van der Waals surface area (Å²) in [6.45, 7) is 18.6. The molecule has 0 saturated heterocycles. The predicted molar refractivity (Wildman–Crippen MR) is 113 cm³/mol. The Morgan fingerprint density at radius 1 is 1.12 bits per heavy atom. The number of hydrogen-bond acceptors (Lipinski definition) is 3. The van der Waals surface area contributed by atoms with E-state index in [1.54, 1.807) is 30.4 Å². The van der Waals surface area contributed by atoms with Crippen LogP contribution in [0.4, 0.5) is 0 Å². The van der Waals surface area contributed by atoms with Crippen LogP contribution in [0.5, 0.6) is 5.75 Å². The summed E-state index contributed by atoms with van der Waals surface area (Å²) in [6.07, 6.45) is 5.84. The first-order chi connectivity index (χ1) is 12.0. The highest BCUT2D eigenvalue weighted by Gasteiger charge is 2.03. The first kappa shape index (κ1) is 28.0. The van der Waals surface area contributed by atoms with Crippen molar-refractivity contribution in [3.63, 3.8) is 0 Å². The third-order valence-corrected chi connectivity index (χ3v) is 2.95. The quantitative estimate of drug-likeness (QED) is 0.681. The Morgan fingerprint density at radius 3 is 2.00 bits per heavy atom. The molecule has 2 N–H and O–H groups in total. The Hall–Kier alpha value is -1.84. The van der Waals surface area contributed by atoms with Gasteiger partial charge in [-0.25, -0.2) is 0 Å². The Bertz CT molecular complexity index is 477. The standard InChI is InChI=1S/C14H16O2.C4H11N.2C2H6/c1-3-5-11(4-2)8-13-9-12(10-15)6-7-14(13)16;1-4-5(2)3;2*1-2/h3-7,9,15-16H,1-2,8,10H2;4H2,1-3H3;2*1-2H3/b11-5+;;;. The summed E-state index contributed by atoms with van der Waals surface area (Å²) < 4.78 is 0. The van der Waals surface area contributed by atoms with Gasteiger partial charge in [0.1, 0.15) is 5.75 Å². The monoisotopic (exact) mass is 349 g/mol. The van der Waals surface area contributed by atoms with Gasteiger partial charge in [-0.1, -0.05) is 72.1 Å². The third-order valence-electron chi connectivity index (χ3n) is 2.95. The molecule has 0 atom stereocenters. The van der Waals surface area contributed by atoms with Crippen LogP contribution in [0, 0.1) is 0 Å². The van der Waals surface area contributed by atoms with Crippen molar-refractivity contribution in [3.05, 3.63) is 66.3 Å². The van der Waals surface area contributed by atoms with Gasteiger partial charge in [0, 0.05) is 6.42 Å². The zero-order valence-electron chi connectivity index (χ0n) is 17.3. The van der Waals surface area contributed by atoms with E-state index in [4.69, 9.17) is 5.11 Å². The van der Waals surface area contributed by atoms with Gasteiger partial charge in [-0.2, -0.15) is 0 Å². The fraction of sp³-hybridized carbons (Fsp3) is 0.455. The molecule has 144 valence electrons. The van der Waals surface area contributed by atoms with E-state index in [1.165, 1.54) is 0 Å². The van der Waals surface area contributed by atoms with Crippen molar-refractivity contribution in [1.82, 2.24) is 4.90 Å². The summed E-state index contributed by atoms with van der Waals surface area (Å²) in [5, 5.41) is 18.7. The van der Waals surface area contributed by atoms with Crippen molar-refractivity contribution in [1.29, 1.82) is 0 Å². The van der Waals surface area contributed by atoms with Crippen LogP contribution in [0.15, 0.2) is 55.2 Å². The second kappa shape index (κ2) is 20.2. The van der Waals surface area contributed by atoms with Gasteiger partial charge in [-0.05, 0) is 49.5 Å². The van der Waals surface area contributed by atoms with E-state index >= 15 is 0 Å². The lowest BCUT2D eigenvalue weighted by Crippen LogP contribution is -2.08. The van der Waals surface area contributed by atoms with Crippen LogP contribution in [-0.2, 0) is 13.0 Å². The van der Waals surface area contributed by atoms with Crippen LogP contribution in [-0.4, -0.2) is 35.8 Å². The molecule has 1 aromatic carbocycles. The molecule has 0 amide bonds. The number of hydrogen-bond donors (Lipinski definition) is 2. The average Bonchev–Trinajstić information content (AvgIpc) is 2.66. The van der Waals surface area contributed by atoms with Gasteiger partial charge in [0.05, 0.1) is 6.61 Å². The van der Waals surface area contributed by atoms with Crippen molar-refractivity contribution in [3.8, 4) is 5.75 Å². The van der Waals surface area contributed by atoms with Crippen LogP contribution in [0.3, 0.4) is 0 Å². The molecule has 1 aromatic rings. The minimum absolute atomic E-state index is 0.0259. The summed E-state index contributed by atoms with van der Waals surface area (Å²) in [6, 6.07) is 5.08. The van der Waals surface area contributed by atoms with E-state index in [0.717, 1.165) is 23.2 Å². The lowest BCUT2D eigenvalue weighted by Gasteiger charge is -2.07. The Morgan fingerprint density at radius 2 is 1.64 bits per heavy atom. The first-order valence-electron chi connectivity index (χ1n) is 8.98. The molecule has 0 unspecified atom stereocenters. The fourth-order valence-electron chi connectivity index (χ4n) is 1.45. The highest BCUT2D eigenvalue weighted by atomic mass is 16.3. The molecule has 25 heavy (non-hydrogen) atoms. The van der Waals surface area contributed by atoms with E-state index in [-0.39, 0.29) is 12.4 Å². The Labute approximate surface area is 156 Å². The molecule has 0 spiro atoms. The molecule has 1 rings (SSSR count). The highest BCUT2D eigenvalue weighted by molar-refractivity contribution is 5.40. The fourth-order valence-corrected chi connectivity index (χ4v) is 1.45. The van der Waals surface area contributed by atoms with Gasteiger partial charge in [-0.15, -0.1) is 0 Å². The maximum atomic E-state index is 9.67. The molecule has 0 aliphatic heterocycles. The van der Waals surface area contributed by atoms with Crippen LogP contribution >= 0.6 is 0 Å². The van der Waals surface area contributed by atoms with Crippen molar-refractivity contribution in [2.24, 2.45) is 0 Å². The molecular weight excluding hydrogens is 310 g/mol. The van der Waals surface area contributed by atoms with Gasteiger partial charge in [-0.3, -0.25) is 0 Å². The zero-order valence-corrected chi connectivity index (χ0v) is 17.3. The van der Waals surface area contributed by atoms with Crippen LogP contribution < -0.4 is 0 Å². The topological polar surface area (TPSA) is 43.7 Å². The van der Waals surface area contributed by atoms with Crippen molar-refractivity contribution >= 4 is 0 Å². The van der Waals surface area contributed by atoms with Gasteiger partial charge in [0.2, 0.25) is 0 Å². The van der Waals surface area contributed by atoms with E-state index in [9.17, 15) is 5.11 Å². The molecule has 0 heterocycles. The predicted octanol–water partition coefficient (Wildman–Crippen LogP) is 5.35. The first-order valence-corrected chi connectivity index (χ1v) is 8.98. The lowest BCUT2D eigenvalue weighted by molar-refractivity contribution is 0.281. The van der Waals surface area contributed by atoms with Crippen LogP contribution in [0.2, 0.25) is 0 Å². The molecule has 3 nitrogen and oxygen atoms in total. The molecule has 0 saturated carbocycles. The molecule has 0 aliphatic carbocycles. The zero-order chi connectivity index (χ0) is 20.3. The molecule has 0 radical (unpaired) electrons. The summed E-state index contributed by atoms with van der Waals surface area (Å²) in [7, 11) is 4.11. The van der Waals surface area contributed by atoms with E-state index in [2.05, 4.69) is 39.1 Å². The van der Waals surface area contributed by atoms with E-state index < -0.39 is 0 Å². The van der Waals surface area contributed by atoms with E-state index in [0.29, 0.717) is 6.42 Å². The van der Waals surface area contributed by atoms with Gasteiger partial charge < -0.3 is 15.1 Å². The van der Waals surface area contributed by atoms with E-state index in [1.807, 2.05) is 33.8 Å². The molecule has 3 heteroatoms. The third kappa shape index (κ3) is 15.4. The van der Waals surface area contributed by atoms with Gasteiger partial charge >= 0.3 is 0 Å². The van der Waals surface area contributed by atoms with Crippen molar-refractivity contribution in [2.75, 3.05) is 20.6 Å². The Balaban J connectivity index is -0.000000454. The number of aromatic hydroxyl groups is 1. The lowest BCUT2D eigenvalue weighted by atomic mass is 10.0. The van der Waals surface area contributed by atoms with Crippen molar-refractivity contribution in [2.45, 2.75) is 47.6 Å². The Kier molecular flexibility index (Phi) is 22.6. The minimum atomic E-state index is -0.0259. The molecular formula is C22H39NO2. The summed E-state index contributed by atoms with van der Waals surface area (Å²) in [5.41, 5.74) is 2.54. The van der Waals surface area contributed by atoms with Gasteiger partial charge in [0.25, 0.3) is 0 Å². The number of aliphatic hydroxyl groups excluding tert-OH is 1. The minimum Gasteiger partial charge on any atom is -0.508 e. The maximum absolute atomic E-state index is 9.67. The molecule has 0 aliphatic rings. The SMILES string of the molecule is C=C/C=C(\C=C)Cc1cc(CO)ccc1O.CC.CC.CCN(C)C. The maximum Gasteiger partial charge on any atom is 0.119 e. The van der Waals surface area contributed by atoms with Crippen LogP contribution in [0.25, 0.3) is 0 Å². The smallest absolute Gasteiger partial charge is 0.119 e. The number of rotatable bonds is 6. The second-order valence-corrected chi connectivity index (χ2v) is 4.88. The van der Waals surface area contributed by atoms with Crippen LogP contribution in [0.1, 0.15) is 45.7 Å². The number of nitrogens with zero attached hydrogens (tertiary/aromatic N) is 1. The average molecular weight is 350 g/mol. The largest absolute Gasteiger partial charge is 0.508 e. The molecule has 0 fully saturated rings. The number of allylic oxidation sites excluding steroid dienone is 4. The highest BCUT2D eigenvalue weighted by Crippen LogP contribution is 2.22. The molecule has 0 bridgehead atoms. The molecule has 0 aromatic heterocycles.